The first-order chi connectivity index (χ1) is 10.1. The lowest BCUT2D eigenvalue weighted by atomic mass is 10.1. The van der Waals surface area contributed by atoms with E-state index in [1.165, 1.54) is 19.3 Å². The molecule has 0 radical (unpaired) electrons. The number of aryl methyl sites for hydroxylation is 1. The lowest BCUT2D eigenvalue weighted by Crippen LogP contribution is -2.31. The van der Waals surface area contributed by atoms with E-state index in [-0.39, 0.29) is 5.95 Å². The normalized spacial score (nSPS) is 15.5. The monoisotopic (exact) mass is 287 g/mol. The van der Waals surface area contributed by atoms with E-state index in [0.29, 0.717) is 11.9 Å². The van der Waals surface area contributed by atoms with Gasteiger partial charge >= 0.3 is 0 Å². The van der Waals surface area contributed by atoms with Crippen LogP contribution in [-0.4, -0.2) is 37.8 Å². The van der Waals surface area contributed by atoms with Gasteiger partial charge in [0, 0.05) is 18.8 Å². The second-order valence-electron chi connectivity index (χ2n) is 5.55. The highest BCUT2D eigenvalue weighted by Crippen LogP contribution is 2.19. The Balaban J connectivity index is 2.02. The molecule has 0 amide bonds. The van der Waals surface area contributed by atoms with Gasteiger partial charge in [0.2, 0.25) is 11.9 Å². The summed E-state index contributed by atoms with van der Waals surface area (Å²) in [6.45, 7) is 7.98. The van der Waals surface area contributed by atoms with Crippen molar-refractivity contribution < 1.29 is 0 Å². The van der Waals surface area contributed by atoms with Crippen LogP contribution in [0.4, 0.5) is 11.9 Å². The number of hydrogen-bond acceptors (Lipinski definition) is 6. The van der Waals surface area contributed by atoms with E-state index in [0.717, 1.165) is 30.0 Å². The average Bonchev–Trinajstić information content (AvgIpc) is 2.75. The van der Waals surface area contributed by atoms with Gasteiger partial charge in [-0.1, -0.05) is 0 Å². The predicted octanol–water partition coefficient (Wildman–Crippen LogP) is 1.56. The van der Waals surface area contributed by atoms with E-state index in [1.807, 2.05) is 20.8 Å². The predicted molar refractivity (Wildman–Crippen MR) is 81.6 cm³/mol. The van der Waals surface area contributed by atoms with E-state index in [2.05, 4.69) is 25.0 Å². The minimum absolute atomic E-state index is 0.241. The number of nitrogens with two attached hydrogens (primary N) is 1. The Labute approximate surface area is 124 Å². The molecule has 1 aliphatic rings. The molecule has 0 atom stereocenters. The first-order valence-corrected chi connectivity index (χ1v) is 7.36. The average molecular weight is 287 g/mol. The number of rotatable bonds is 2. The number of anilines is 2. The maximum Gasteiger partial charge on any atom is 0.257 e. The second-order valence-corrected chi connectivity index (χ2v) is 5.55. The zero-order valence-corrected chi connectivity index (χ0v) is 12.8. The molecule has 0 saturated carbocycles. The molecule has 2 aromatic rings. The SMILES string of the molecule is Cc1nn(-c2nc(N)nc(N3CCCCC3)n2)c(C)c1C. The van der Waals surface area contributed by atoms with Crippen molar-refractivity contribution in [1.29, 1.82) is 0 Å². The third-order valence-corrected chi connectivity index (χ3v) is 4.11. The van der Waals surface area contributed by atoms with Crippen molar-refractivity contribution in [2.75, 3.05) is 23.7 Å². The summed E-state index contributed by atoms with van der Waals surface area (Å²) in [5.41, 5.74) is 9.02. The number of aromatic nitrogens is 5. The van der Waals surface area contributed by atoms with Crippen LogP contribution >= 0.6 is 0 Å². The van der Waals surface area contributed by atoms with Crippen molar-refractivity contribution in [2.24, 2.45) is 0 Å². The van der Waals surface area contributed by atoms with Gasteiger partial charge in [-0.3, -0.25) is 0 Å². The van der Waals surface area contributed by atoms with E-state index < -0.39 is 0 Å². The summed E-state index contributed by atoms with van der Waals surface area (Å²) in [7, 11) is 0. The van der Waals surface area contributed by atoms with Crippen LogP contribution in [0.15, 0.2) is 0 Å². The Morgan fingerprint density at radius 3 is 2.19 bits per heavy atom. The van der Waals surface area contributed by atoms with E-state index in [1.54, 1.807) is 4.68 Å². The second kappa shape index (κ2) is 5.31. The quantitative estimate of drug-likeness (QED) is 0.902. The van der Waals surface area contributed by atoms with Gasteiger partial charge in [0.25, 0.3) is 5.95 Å². The summed E-state index contributed by atoms with van der Waals surface area (Å²) in [5.74, 6) is 1.39. The Hall–Kier alpha value is -2.18. The van der Waals surface area contributed by atoms with Crippen molar-refractivity contribution in [3.8, 4) is 5.95 Å². The van der Waals surface area contributed by atoms with Gasteiger partial charge in [-0.05, 0) is 45.6 Å². The lowest BCUT2D eigenvalue weighted by molar-refractivity contribution is 0.566. The smallest absolute Gasteiger partial charge is 0.257 e. The third-order valence-electron chi connectivity index (χ3n) is 4.11. The van der Waals surface area contributed by atoms with Gasteiger partial charge < -0.3 is 10.6 Å². The highest BCUT2D eigenvalue weighted by molar-refractivity contribution is 5.39. The number of piperidine rings is 1. The Bertz CT molecular complexity index is 656. The lowest BCUT2D eigenvalue weighted by Gasteiger charge is -2.26. The molecular formula is C14H21N7. The molecule has 0 bridgehead atoms. The highest BCUT2D eigenvalue weighted by Gasteiger charge is 2.18. The van der Waals surface area contributed by atoms with Crippen LogP contribution in [0.3, 0.4) is 0 Å². The minimum atomic E-state index is 0.241. The largest absolute Gasteiger partial charge is 0.368 e. The molecule has 0 unspecified atom stereocenters. The van der Waals surface area contributed by atoms with Crippen molar-refractivity contribution in [3.05, 3.63) is 17.0 Å². The van der Waals surface area contributed by atoms with E-state index >= 15 is 0 Å². The molecule has 3 heterocycles. The molecule has 112 valence electrons. The van der Waals surface area contributed by atoms with Crippen LogP contribution in [0.5, 0.6) is 0 Å². The van der Waals surface area contributed by atoms with E-state index in [9.17, 15) is 0 Å². The van der Waals surface area contributed by atoms with Crippen LogP contribution in [0.2, 0.25) is 0 Å². The summed E-state index contributed by atoms with van der Waals surface area (Å²) in [5, 5.41) is 4.50. The molecule has 21 heavy (non-hydrogen) atoms. The third kappa shape index (κ3) is 2.55. The number of nitrogen functional groups attached to an aromatic ring is 1. The molecule has 7 heteroatoms. The van der Waals surface area contributed by atoms with Crippen molar-refractivity contribution in [2.45, 2.75) is 40.0 Å². The van der Waals surface area contributed by atoms with Gasteiger partial charge in [0.1, 0.15) is 0 Å². The minimum Gasteiger partial charge on any atom is -0.368 e. The van der Waals surface area contributed by atoms with Crippen molar-refractivity contribution >= 4 is 11.9 Å². The summed E-state index contributed by atoms with van der Waals surface area (Å²) >= 11 is 0. The molecule has 2 aromatic heterocycles. The van der Waals surface area contributed by atoms with Crippen LogP contribution in [0, 0.1) is 20.8 Å². The maximum atomic E-state index is 5.87. The molecular weight excluding hydrogens is 266 g/mol. The molecule has 1 aliphatic heterocycles. The van der Waals surface area contributed by atoms with Crippen molar-refractivity contribution in [3.63, 3.8) is 0 Å². The molecule has 0 aromatic carbocycles. The molecule has 1 fully saturated rings. The summed E-state index contributed by atoms with van der Waals surface area (Å²) in [6.07, 6.45) is 3.60. The van der Waals surface area contributed by atoms with Gasteiger partial charge in [-0.25, -0.2) is 4.68 Å². The summed E-state index contributed by atoms with van der Waals surface area (Å²) < 4.78 is 1.75. The molecule has 3 rings (SSSR count). The van der Waals surface area contributed by atoms with Crippen LogP contribution < -0.4 is 10.6 Å². The highest BCUT2D eigenvalue weighted by atomic mass is 15.4. The summed E-state index contributed by atoms with van der Waals surface area (Å²) in [6, 6.07) is 0. The first-order valence-electron chi connectivity index (χ1n) is 7.36. The van der Waals surface area contributed by atoms with Gasteiger partial charge in [0.05, 0.1) is 5.69 Å². The summed E-state index contributed by atoms with van der Waals surface area (Å²) in [4.78, 5) is 15.3. The zero-order chi connectivity index (χ0) is 15.0. The fraction of sp³-hybridized carbons (Fsp3) is 0.571. The standard InChI is InChI=1S/C14H21N7/c1-9-10(2)19-21(11(9)3)14-17-12(15)16-13(18-14)20-7-5-4-6-8-20/h4-8H2,1-3H3,(H2,15,16,17,18). The molecule has 0 aliphatic carbocycles. The Morgan fingerprint density at radius 2 is 1.57 bits per heavy atom. The van der Waals surface area contributed by atoms with Crippen LogP contribution in [0.1, 0.15) is 36.2 Å². The molecule has 7 nitrogen and oxygen atoms in total. The van der Waals surface area contributed by atoms with Gasteiger partial charge in [0.15, 0.2) is 0 Å². The van der Waals surface area contributed by atoms with E-state index in [4.69, 9.17) is 5.73 Å². The molecule has 2 N–H and O–H groups in total. The van der Waals surface area contributed by atoms with Crippen LogP contribution in [0.25, 0.3) is 5.95 Å². The van der Waals surface area contributed by atoms with Gasteiger partial charge in [-0.2, -0.15) is 20.1 Å². The Kier molecular flexibility index (Phi) is 3.48. The zero-order valence-electron chi connectivity index (χ0n) is 12.8. The maximum absolute atomic E-state index is 5.87. The Morgan fingerprint density at radius 1 is 0.905 bits per heavy atom. The molecule has 1 saturated heterocycles. The van der Waals surface area contributed by atoms with Crippen LogP contribution in [-0.2, 0) is 0 Å². The number of hydrogen-bond donors (Lipinski definition) is 1. The fourth-order valence-electron chi connectivity index (χ4n) is 2.61. The first kappa shape index (κ1) is 13.8. The molecule has 0 spiro atoms. The topological polar surface area (TPSA) is 85.8 Å². The fourth-order valence-corrected chi connectivity index (χ4v) is 2.61. The number of nitrogens with zero attached hydrogens (tertiary/aromatic N) is 6. The van der Waals surface area contributed by atoms with Crippen molar-refractivity contribution in [1.82, 2.24) is 24.7 Å². The van der Waals surface area contributed by atoms with Gasteiger partial charge in [-0.15, -0.1) is 0 Å².